The monoisotopic (exact) mass is 351 g/mol. The van der Waals surface area contributed by atoms with Crippen LogP contribution in [0.2, 0.25) is 5.02 Å². The van der Waals surface area contributed by atoms with Crippen molar-refractivity contribution in [1.82, 2.24) is 5.32 Å². The lowest BCUT2D eigenvalue weighted by atomic mass is 10.0. The van der Waals surface area contributed by atoms with E-state index in [1.807, 2.05) is 12.1 Å². The van der Waals surface area contributed by atoms with E-state index >= 15 is 0 Å². The minimum Gasteiger partial charge on any atom is -0.434 e. The molecule has 2 aromatic rings. The van der Waals surface area contributed by atoms with Gasteiger partial charge < -0.3 is 10.1 Å². The first-order valence-electron chi connectivity index (χ1n) is 7.65. The smallest absolute Gasteiger partial charge is 0.387 e. The SMILES string of the molecule is O=C(N[C@@H](c1ccc(Cl)cc1)C1CC1)c1ccccc1OC(F)F. The second kappa shape index (κ2) is 7.18. The average Bonchev–Trinajstić information content (AvgIpc) is 3.38. The molecule has 2 aromatic carbocycles. The number of amides is 1. The lowest BCUT2D eigenvalue weighted by Gasteiger charge is -2.20. The number of hydrogen-bond acceptors (Lipinski definition) is 2. The summed E-state index contributed by atoms with van der Waals surface area (Å²) in [6.45, 7) is -2.98. The molecule has 0 saturated heterocycles. The van der Waals surface area contributed by atoms with Crippen LogP contribution in [0, 0.1) is 5.92 Å². The van der Waals surface area contributed by atoms with Crippen LogP contribution in [0.1, 0.15) is 34.8 Å². The van der Waals surface area contributed by atoms with Gasteiger partial charge in [0, 0.05) is 5.02 Å². The van der Waals surface area contributed by atoms with E-state index in [2.05, 4.69) is 10.1 Å². The van der Waals surface area contributed by atoms with Crippen LogP contribution in [-0.2, 0) is 0 Å². The molecule has 3 rings (SSSR count). The van der Waals surface area contributed by atoms with Crippen molar-refractivity contribution < 1.29 is 18.3 Å². The molecular formula is C18H16ClF2NO2. The quantitative estimate of drug-likeness (QED) is 0.810. The number of halogens is 3. The number of carbonyl (C=O) groups excluding carboxylic acids is 1. The van der Waals surface area contributed by atoms with Crippen LogP contribution >= 0.6 is 11.6 Å². The van der Waals surface area contributed by atoms with Gasteiger partial charge >= 0.3 is 6.61 Å². The first-order valence-corrected chi connectivity index (χ1v) is 8.02. The molecule has 1 atom stereocenters. The fourth-order valence-corrected chi connectivity index (χ4v) is 2.77. The molecule has 0 aliphatic heterocycles. The van der Waals surface area contributed by atoms with Crippen molar-refractivity contribution in [2.75, 3.05) is 0 Å². The van der Waals surface area contributed by atoms with E-state index in [9.17, 15) is 13.6 Å². The first-order chi connectivity index (χ1) is 11.5. The van der Waals surface area contributed by atoms with Crippen molar-refractivity contribution in [2.24, 2.45) is 5.92 Å². The van der Waals surface area contributed by atoms with Gasteiger partial charge in [-0.15, -0.1) is 0 Å². The minimum absolute atomic E-state index is 0.0948. The number of benzene rings is 2. The molecule has 0 spiro atoms. The number of para-hydroxylation sites is 1. The second-order valence-electron chi connectivity index (χ2n) is 5.71. The van der Waals surface area contributed by atoms with Crippen LogP contribution in [0.4, 0.5) is 8.78 Å². The zero-order chi connectivity index (χ0) is 17.1. The molecule has 1 amide bonds. The van der Waals surface area contributed by atoms with Gasteiger partial charge in [0.2, 0.25) is 0 Å². The number of ether oxygens (including phenoxy) is 1. The summed E-state index contributed by atoms with van der Waals surface area (Å²) in [5, 5.41) is 3.56. The Morgan fingerprint density at radius 1 is 1.12 bits per heavy atom. The zero-order valence-corrected chi connectivity index (χ0v) is 13.5. The van der Waals surface area contributed by atoms with Gasteiger partial charge in [0.15, 0.2) is 0 Å². The van der Waals surface area contributed by atoms with Crippen LogP contribution < -0.4 is 10.1 Å². The summed E-state index contributed by atoms with van der Waals surface area (Å²) in [6.07, 6.45) is 2.03. The maximum absolute atomic E-state index is 12.6. The van der Waals surface area contributed by atoms with Crippen LogP contribution in [0.15, 0.2) is 48.5 Å². The van der Waals surface area contributed by atoms with Gasteiger partial charge in [-0.1, -0.05) is 35.9 Å². The fourth-order valence-electron chi connectivity index (χ4n) is 2.64. The van der Waals surface area contributed by atoms with E-state index in [1.54, 1.807) is 24.3 Å². The van der Waals surface area contributed by atoms with Gasteiger partial charge in [0.25, 0.3) is 5.91 Å². The van der Waals surface area contributed by atoms with Gasteiger partial charge in [0.1, 0.15) is 5.75 Å². The Kier molecular flexibility index (Phi) is 5.00. The van der Waals surface area contributed by atoms with E-state index in [-0.39, 0.29) is 17.4 Å². The van der Waals surface area contributed by atoms with Crippen LogP contribution in [0.3, 0.4) is 0 Å². The highest BCUT2D eigenvalue weighted by atomic mass is 35.5. The zero-order valence-electron chi connectivity index (χ0n) is 12.7. The van der Waals surface area contributed by atoms with Crippen molar-refractivity contribution >= 4 is 17.5 Å². The standard InChI is InChI=1S/C18H16ClF2NO2/c19-13-9-7-12(8-10-13)16(11-5-6-11)22-17(23)14-3-1-2-4-15(14)24-18(20)21/h1-4,7-11,16,18H,5-6H2,(H,22,23)/t16-/m1/s1. The summed E-state index contributed by atoms with van der Waals surface area (Å²) >= 11 is 5.91. The summed E-state index contributed by atoms with van der Waals surface area (Å²) in [4.78, 5) is 12.6. The van der Waals surface area contributed by atoms with Crippen LogP contribution in [0.5, 0.6) is 5.75 Å². The topological polar surface area (TPSA) is 38.3 Å². The molecule has 126 valence electrons. The lowest BCUT2D eigenvalue weighted by molar-refractivity contribution is -0.0501. The van der Waals surface area contributed by atoms with Crippen LogP contribution in [0.25, 0.3) is 0 Å². The molecule has 0 heterocycles. The third kappa shape index (κ3) is 4.03. The largest absolute Gasteiger partial charge is 0.434 e. The van der Waals surface area contributed by atoms with Crippen molar-refractivity contribution in [3.8, 4) is 5.75 Å². The molecule has 6 heteroatoms. The summed E-state index contributed by atoms with van der Waals surface area (Å²) in [6, 6.07) is 13.1. The van der Waals surface area contributed by atoms with E-state index < -0.39 is 12.5 Å². The van der Waals surface area contributed by atoms with E-state index in [1.165, 1.54) is 12.1 Å². The number of rotatable bonds is 6. The lowest BCUT2D eigenvalue weighted by Crippen LogP contribution is -2.30. The maximum Gasteiger partial charge on any atom is 0.387 e. The van der Waals surface area contributed by atoms with E-state index in [0.717, 1.165) is 18.4 Å². The summed E-state index contributed by atoms with van der Waals surface area (Å²) in [5.41, 5.74) is 1.04. The highest BCUT2D eigenvalue weighted by Gasteiger charge is 2.34. The predicted molar refractivity (Wildman–Crippen MR) is 87.5 cm³/mol. The Balaban J connectivity index is 1.81. The van der Waals surface area contributed by atoms with Crippen LogP contribution in [-0.4, -0.2) is 12.5 Å². The van der Waals surface area contributed by atoms with E-state index in [4.69, 9.17) is 11.6 Å². The number of carbonyl (C=O) groups is 1. The number of hydrogen-bond donors (Lipinski definition) is 1. The van der Waals surface area contributed by atoms with Gasteiger partial charge in [0.05, 0.1) is 11.6 Å². The second-order valence-corrected chi connectivity index (χ2v) is 6.15. The Morgan fingerprint density at radius 3 is 2.42 bits per heavy atom. The Morgan fingerprint density at radius 2 is 1.79 bits per heavy atom. The Bertz CT molecular complexity index is 717. The van der Waals surface area contributed by atoms with Gasteiger partial charge in [-0.3, -0.25) is 4.79 Å². The molecule has 1 saturated carbocycles. The molecule has 1 N–H and O–H groups in total. The molecule has 24 heavy (non-hydrogen) atoms. The molecule has 0 bridgehead atoms. The number of alkyl halides is 2. The highest BCUT2D eigenvalue weighted by Crippen LogP contribution is 2.41. The molecule has 0 radical (unpaired) electrons. The van der Waals surface area contributed by atoms with Gasteiger partial charge in [-0.25, -0.2) is 0 Å². The van der Waals surface area contributed by atoms with Crippen molar-refractivity contribution in [3.05, 3.63) is 64.7 Å². The molecule has 1 fully saturated rings. The summed E-state index contributed by atoms with van der Waals surface area (Å²) < 4.78 is 29.4. The molecule has 0 unspecified atom stereocenters. The number of nitrogens with one attached hydrogen (secondary N) is 1. The normalized spacial score (nSPS) is 15.2. The van der Waals surface area contributed by atoms with E-state index in [0.29, 0.717) is 10.9 Å². The third-order valence-electron chi connectivity index (χ3n) is 3.96. The Labute approximate surface area is 143 Å². The maximum atomic E-state index is 12.6. The minimum atomic E-state index is -2.98. The molecule has 3 nitrogen and oxygen atoms in total. The fraction of sp³-hybridized carbons (Fsp3) is 0.278. The summed E-state index contributed by atoms with van der Waals surface area (Å²) in [7, 11) is 0. The van der Waals surface area contributed by atoms with Crippen molar-refractivity contribution in [1.29, 1.82) is 0 Å². The first kappa shape index (κ1) is 16.7. The molecule has 0 aromatic heterocycles. The van der Waals surface area contributed by atoms with Crippen molar-refractivity contribution in [2.45, 2.75) is 25.5 Å². The molecule has 1 aliphatic carbocycles. The highest BCUT2D eigenvalue weighted by molar-refractivity contribution is 6.30. The van der Waals surface area contributed by atoms with Crippen molar-refractivity contribution in [3.63, 3.8) is 0 Å². The van der Waals surface area contributed by atoms with Gasteiger partial charge in [-0.05, 0) is 48.6 Å². The predicted octanol–water partition coefficient (Wildman–Crippen LogP) is 4.82. The van der Waals surface area contributed by atoms with Gasteiger partial charge in [-0.2, -0.15) is 8.78 Å². The third-order valence-corrected chi connectivity index (χ3v) is 4.21. The Hall–Kier alpha value is -2.14. The average molecular weight is 352 g/mol. The summed E-state index contributed by atoms with van der Waals surface area (Å²) in [5.74, 6) is -0.216. The molecular weight excluding hydrogens is 336 g/mol. The molecule has 1 aliphatic rings.